The lowest BCUT2D eigenvalue weighted by atomic mass is 10.2. The van der Waals surface area contributed by atoms with E-state index in [2.05, 4.69) is 9.55 Å². The summed E-state index contributed by atoms with van der Waals surface area (Å²) in [5, 5.41) is 8.79. The topological polar surface area (TPSA) is 55.1 Å². The van der Waals surface area contributed by atoms with Crippen molar-refractivity contribution in [1.29, 1.82) is 0 Å². The van der Waals surface area contributed by atoms with E-state index in [4.69, 9.17) is 5.11 Å². The van der Waals surface area contributed by atoms with Gasteiger partial charge < -0.3 is 5.11 Å². The summed E-state index contributed by atoms with van der Waals surface area (Å²) in [6, 6.07) is 18.0. The summed E-state index contributed by atoms with van der Waals surface area (Å²) in [5.74, 6) is 0.140. The molecular formula is C17H16N2O2. The Hall–Kier alpha value is -2.62. The predicted molar refractivity (Wildman–Crippen MR) is 81.6 cm³/mol. The van der Waals surface area contributed by atoms with Crippen LogP contribution in [0, 0.1) is 0 Å². The van der Waals surface area contributed by atoms with E-state index in [0.29, 0.717) is 12.8 Å². The molecule has 4 nitrogen and oxygen atoms in total. The Morgan fingerprint density at radius 1 is 1.05 bits per heavy atom. The van der Waals surface area contributed by atoms with E-state index >= 15 is 0 Å². The third kappa shape index (κ3) is 2.79. The molecule has 0 saturated heterocycles. The molecule has 3 aromatic rings. The Labute approximate surface area is 122 Å². The summed E-state index contributed by atoms with van der Waals surface area (Å²) in [6.45, 7) is 0. The number of nitrogens with zero attached hydrogens (tertiary/aromatic N) is 2. The average molecular weight is 280 g/mol. The van der Waals surface area contributed by atoms with Crippen molar-refractivity contribution in [2.45, 2.75) is 19.3 Å². The van der Waals surface area contributed by atoms with E-state index in [1.54, 1.807) is 0 Å². The molecule has 1 heterocycles. The number of hydrogen-bond donors (Lipinski definition) is 1. The van der Waals surface area contributed by atoms with Crippen molar-refractivity contribution in [2.24, 2.45) is 0 Å². The number of carboxylic acid groups (broad SMARTS) is 1. The number of aromatic nitrogens is 2. The first-order valence-electron chi connectivity index (χ1n) is 6.99. The summed E-state index contributed by atoms with van der Waals surface area (Å²) in [5.41, 5.74) is 3.04. The summed E-state index contributed by atoms with van der Waals surface area (Å²) >= 11 is 0. The highest BCUT2D eigenvalue weighted by Gasteiger charge is 2.12. The maximum atomic E-state index is 10.7. The predicted octanol–water partition coefficient (Wildman–Crippen LogP) is 3.43. The number of hydrogen-bond acceptors (Lipinski definition) is 2. The first kappa shape index (κ1) is 13.4. The van der Waals surface area contributed by atoms with Gasteiger partial charge in [0.25, 0.3) is 0 Å². The molecule has 21 heavy (non-hydrogen) atoms. The Balaban J connectivity index is 2.04. The SMILES string of the molecule is O=C(O)CCCc1nc2ccccc2n1-c1ccccc1. The van der Waals surface area contributed by atoms with Crippen LogP contribution in [-0.4, -0.2) is 20.6 Å². The molecule has 1 aromatic heterocycles. The molecule has 0 atom stereocenters. The van der Waals surface area contributed by atoms with Crippen LogP contribution in [-0.2, 0) is 11.2 Å². The van der Waals surface area contributed by atoms with Crippen LogP contribution in [0.4, 0.5) is 0 Å². The van der Waals surface area contributed by atoms with Crippen molar-refractivity contribution in [2.75, 3.05) is 0 Å². The van der Waals surface area contributed by atoms with Crippen LogP contribution in [0.5, 0.6) is 0 Å². The standard InChI is InChI=1S/C17H16N2O2/c20-17(21)12-6-11-16-18-14-9-4-5-10-15(14)19(16)13-7-2-1-3-8-13/h1-5,7-10H,6,11-12H2,(H,20,21). The molecule has 0 unspecified atom stereocenters. The van der Waals surface area contributed by atoms with Gasteiger partial charge in [0.15, 0.2) is 0 Å². The lowest BCUT2D eigenvalue weighted by Crippen LogP contribution is -2.03. The van der Waals surface area contributed by atoms with E-state index in [1.807, 2.05) is 54.6 Å². The lowest BCUT2D eigenvalue weighted by Gasteiger charge is -2.08. The molecular weight excluding hydrogens is 264 g/mol. The van der Waals surface area contributed by atoms with Gasteiger partial charge in [-0.1, -0.05) is 30.3 Å². The summed E-state index contributed by atoms with van der Waals surface area (Å²) < 4.78 is 2.11. The van der Waals surface area contributed by atoms with Gasteiger partial charge in [0, 0.05) is 18.5 Å². The fourth-order valence-electron chi connectivity index (χ4n) is 2.51. The fraction of sp³-hybridized carbons (Fsp3) is 0.176. The van der Waals surface area contributed by atoms with Crippen molar-refractivity contribution >= 4 is 17.0 Å². The lowest BCUT2D eigenvalue weighted by molar-refractivity contribution is -0.137. The molecule has 0 spiro atoms. The van der Waals surface area contributed by atoms with Gasteiger partial charge in [-0.15, -0.1) is 0 Å². The van der Waals surface area contributed by atoms with Crippen molar-refractivity contribution in [3.8, 4) is 5.69 Å². The van der Waals surface area contributed by atoms with Gasteiger partial charge in [-0.2, -0.15) is 0 Å². The minimum atomic E-state index is -0.766. The number of carbonyl (C=O) groups is 1. The minimum Gasteiger partial charge on any atom is -0.481 e. The van der Waals surface area contributed by atoms with Crippen molar-refractivity contribution in [3.63, 3.8) is 0 Å². The maximum Gasteiger partial charge on any atom is 0.303 e. The van der Waals surface area contributed by atoms with Gasteiger partial charge in [-0.05, 0) is 30.7 Å². The van der Waals surface area contributed by atoms with Gasteiger partial charge in [-0.3, -0.25) is 9.36 Å². The molecule has 0 aliphatic rings. The van der Waals surface area contributed by atoms with Crippen LogP contribution >= 0.6 is 0 Å². The number of benzene rings is 2. The largest absolute Gasteiger partial charge is 0.481 e. The van der Waals surface area contributed by atoms with Crippen LogP contribution in [0.3, 0.4) is 0 Å². The molecule has 106 valence electrons. The quantitative estimate of drug-likeness (QED) is 0.779. The zero-order valence-corrected chi connectivity index (χ0v) is 11.6. The van der Waals surface area contributed by atoms with Crippen molar-refractivity contribution < 1.29 is 9.90 Å². The average Bonchev–Trinajstić information content (AvgIpc) is 2.86. The fourth-order valence-corrected chi connectivity index (χ4v) is 2.51. The summed E-state index contributed by atoms with van der Waals surface area (Å²) in [4.78, 5) is 15.3. The van der Waals surface area contributed by atoms with Crippen LogP contribution in [0.25, 0.3) is 16.7 Å². The molecule has 0 amide bonds. The van der Waals surface area contributed by atoms with E-state index in [9.17, 15) is 4.79 Å². The number of imidazole rings is 1. The number of carboxylic acids is 1. The van der Waals surface area contributed by atoms with Gasteiger partial charge in [0.05, 0.1) is 11.0 Å². The normalized spacial score (nSPS) is 10.9. The molecule has 3 rings (SSSR count). The van der Waals surface area contributed by atoms with Crippen LogP contribution in [0.15, 0.2) is 54.6 Å². The third-order valence-corrected chi connectivity index (χ3v) is 3.44. The van der Waals surface area contributed by atoms with Crippen LogP contribution in [0.2, 0.25) is 0 Å². The highest BCUT2D eigenvalue weighted by Crippen LogP contribution is 2.22. The summed E-state index contributed by atoms with van der Waals surface area (Å²) in [6.07, 6.45) is 1.40. The Kier molecular flexibility index (Phi) is 3.69. The van der Waals surface area contributed by atoms with Gasteiger partial charge in [-0.25, -0.2) is 4.98 Å². The molecule has 0 aliphatic carbocycles. The van der Waals surface area contributed by atoms with Gasteiger partial charge in [0.1, 0.15) is 5.82 Å². The molecule has 0 radical (unpaired) electrons. The number of rotatable bonds is 5. The van der Waals surface area contributed by atoms with Crippen molar-refractivity contribution in [3.05, 3.63) is 60.4 Å². The Morgan fingerprint density at radius 2 is 1.76 bits per heavy atom. The number of fused-ring (bicyclic) bond motifs is 1. The van der Waals surface area contributed by atoms with Crippen LogP contribution in [0.1, 0.15) is 18.7 Å². The molecule has 0 saturated carbocycles. The van der Waals surface area contributed by atoms with Gasteiger partial charge >= 0.3 is 5.97 Å². The highest BCUT2D eigenvalue weighted by atomic mass is 16.4. The van der Waals surface area contributed by atoms with E-state index in [1.165, 1.54) is 0 Å². The molecule has 4 heteroatoms. The van der Waals surface area contributed by atoms with Crippen molar-refractivity contribution in [1.82, 2.24) is 9.55 Å². The first-order chi connectivity index (χ1) is 10.3. The zero-order chi connectivity index (χ0) is 14.7. The highest BCUT2D eigenvalue weighted by molar-refractivity contribution is 5.78. The van der Waals surface area contributed by atoms with Gasteiger partial charge in [0.2, 0.25) is 0 Å². The Bertz CT molecular complexity index is 763. The second-order valence-electron chi connectivity index (χ2n) is 4.93. The molecule has 1 N–H and O–H groups in total. The Morgan fingerprint density at radius 3 is 2.52 bits per heavy atom. The molecule has 0 aliphatic heterocycles. The molecule has 0 bridgehead atoms. The second-order valence-corrected chi connectivity index (χ2v) is 4.93. The second kappa shape index (κ2) is 5.79. The molecule has 2 aromatic carbocycles. The first-order valence-corrected chi connectivity index (χ1v) is 6.99. The smallest absolute Gasteiger partial charge is 0.303 e. The third-order valence-electron chi connectivity index (χ3n) is 3.44. The minimum absolute atomic E-state index is 0.165. The monoisotopic (exact) mass is 280 g/mol. The number of aliphatic carboxylic acids is 1. The maximum absolute atomic E-state index is 10.7. The van der Waals surface area contributed by atoms with E-state index in [0.717, 1.165) is 22.5 Å². The van der Waals surface area contributed by atoms with E-state index in [-0.39, 0.29) is 6.42 Å². The van der Waals surface area contributed by atoms with Crippen LogP contribution < -0.4 is 0 Å². The number of para-hydroxylation sites is 3. The number of aryl methyl sites for hydroxylation is 1. The molecule has 0 fully saturated rings. The summed E-state index contributed by atoms with van der Waals surface area (Å²) in [7, 11) is 0. The van der Waals surface area contributed by atoms with E-state index < -0.39 is 5.97 Å². The zero-order valence-electron chi connectivity index (χ0n) is 11.6.